The van der Waals surface area contributed by atoms with Gasteiger partial charge in [-0.05, 0) is 30.2 Å². The minimum Gasteiger partial charge on any atom is -0.465 e. The average Bonchev–Trinajstić information content (AvgIpc) is 2.46. The second kappa shape index (κ2) is 6.05. The van der Waals surface area contributed by atoms with Crippen LogP contribution in [0.1, 0.15) is 21.5 Å². The molecule has 98 valence electrons. The molecular weight excluding hydrogens is 238 g/mol. The molecule has 0 aromatic heterocycles. The molecule has 2 rings (SSSR count). The average molecular weight is 255 g/mol. The molecule has 0 amide bonds. The smallest absolute Gasteiger partial charge is 0.338 e. The van der Waals surface area contributed by atoms with Gasteiger partial charge in [0.05, 0.1) is 12.7 Å². The summed E-state index contributed by atoms with van der Waals surface area (Å²) >= 11 is 0. The highest BCUT2D eigenvalue weighted by Gasteiger charge is 2.11. The standard InChI is InChI=1S/C16H17NO2/c1-12-14(16(18)19-2)9-6-10-15(12)17-11-13-7-4-3-5-8-13/h3-10,17H,11H2,1-2H3. The van der Waals surface area contributed by atoms with Gasteiger partial charge in [0.25, 0.3) is 0 Å². The largest absolute Gasteiger partial charge is 0.465 e. The van der Waals surface area contributed by atoms with Crippen molar-refractivity contribution in [2.24, 2.45) is 0 Å². The molecule has 0 spiro atoms. The number of esters is 1. The highest BCUT2D eigenvalue weighted by molar-refractivity contribution is 5.92. The minimum absolute atomic E-state index is 0.305. The Morgan fingerprint density at radius 1 is 1.11 bits per heavy atom. The minimum atomic E-state index is -0.305. The summed E-state index contributed by atoms with van der Waals surface area (Å²) in [5.41, 5.74) is 3.66. The van der Waals surface area contributed by atoms with Crippen molar-refractivity contribution in [3.63, 3.8) is 0 Å². The third-order valence-corrected chi connectivity index (χ3v) is 3.06. The molecule has 0 unspecified atom stereocenters. The van der Waals surface area contributed by atoms with Gasteiger partial charge in [0.2, 0.25) is 0 Å². The number of nitrogens with one attached hydrogen (secondary N) is 1. The fourth-order valence-electron chi connectivity index (χ4n) is 1.95. The Labute approximate surface area is 113 Å². The van der Waals surface area contributed by atoms with Gasteiger partial charge in [-0.2, -0.15) is 0 Å². The Morgan fingerprint density at radius 3 is 2.53 bits per heavy atom. The molecular formula is C16H17NO2. The maximum absolute atomic E-state index is 11.6. The Kier molecular flexibility index (Phi) is 4.18. The van der Waals surface area contributed by atoms with Crippen molar-refractivity contribution < 1.29 is 9.53 Å². The van der Waals surface area contributed by atoms with Crippen LogP contribution >= 0.6 is 0 Å². The van der Waals surface area contributed by atoms with Crippen LogP contribution in [-0.2, 0) is 11.3 Å². The topological polar surface area (TPSA) is 38.3 Å². The van der Waals surface area contributed by atoms with Crippen LogP contribution in [0.3, 0.4) is 0 Å². The van der Waals surface area contributed by atoms with Gasteiger partial charge in [0, 0.05) is 12.2 Å². The van der Waals surface area contributed by atoms with E-state index in [2.05, 4.69) is 17.4 Å². The fourth-order valence-corrected chi connectivity index (χ4v) is 1.95. The number of hydrogen-bond donors (Lipinski definition) is 1. The van der Waals surface area contributed by atoms with E-state index in [1.807, 2.05) is 37.3 Å². The van der Waals surface area contributed by atoms with Gasteiger partial charge in [0.15, 0.2) is 0 Å². The predicted molar refractivity (Wildman–Crippen MR) is 76.3 cm³/mol. The van der Waals surface area contributed by atoms with Crippen LogP contribution in [0.5, 0.6) is 0 Å². The summed E-state index contributed by atoms with van der Waals surface area (Å²) in [6.07, 6.45) is 0. The SMILES string of the molecule is COC(=O)c1cccc(NCc2ccccc2)c1C. The van der Waals surface area contributed by atoms with Crippen LogP contribution in [-0.4, -0.2) is 13.1 Å². The third kappa shape index (κ3) is 3.13. The summed E-state index contributed by atoms with van der Waals surface area (Å²) < 4.78 is 4.77. The van der Waals surface area contributed by atoms with E-state index < -0.39 is 0 Å². The zero-order valence-corrected chi connectivity index (χ0v) is 11.1. The first-order valence-electron chi connectivity index (χ1n) is 6.18. The molecule has 3 nitrogen and oxygen atoms in total. The van der Waals surface area contributed by atoms with Crippen molar-refractivity contribution in [3.8, 4) is 0 Å². The van der Waals surface area contributed by atoms with Gasteiger partial charge < -0.3 is 10.1 Å². The first-order valence-corrected chi connectivity index (χ1v) is 6.18. The van der Waals surface area contributed by atoms with Crippen molar-refractivity contribution >= 4 is 11.7 Å². The van der Waals surface area contributed by atoms with Crippen molar-refractivity contribution in [3.05, 3.63) is 65.2 Å². The second-order valence-corrected chi connectivity index (χ2v) is 4.31. The van der Waals surface area contributed by atoms with E-state index in [-0.39, 0.29) is 5.97 Å². The number of carbonyl (C=O) groups is 1. The molecule has 0 saturated heterocycles. The Balaban J connectivity index is 2.15. The quantitative estimate of drug-likeness (QED) is 0.851. The van der Waals surface area contributed by atoms with Crippen molar-refractivity contribution in [2.75, 3.05) is 12.4 Å². The Morgan fingerprint density at radius 2 is 1.84 bits per heavy atom. The number of carbonyl (C=O) groups excluding carboxylic acids is 1. The number of ether oxygens (including phenoxy) is 1. The van der Waals surface area contributed by atoms with Crippen LogP contribution in [0, 0.1) is 6.92 Å². The molecule has 0 fully saturated rings. The molecule has 1 N–H and O–H groups in total. The zero-order valence-electron chi connectivity index (χ0n) is 11.1. The van der Waals surface area contributed by atoms with Gasteiger partial charge in [-0.1, -0.05) is 36.4 Å². The summed E-state index contributed by atoms with van der Waals surface area (Å²) in [5, 5.41) is 3.34. The third-order valence-electron chi connectivity index (χ3n) is 3.06. The van der Waals surface area contributed by atoms with E-state index in [1.54, 1.807) is 6.07 Å². The number of methoxy groups -OCH3 is 1. The summed E-state index contributed by atoms with van der Waals surface area (Å²) in [4.78, 5) is 11.6. The van der Waals surface area contributed by atoms with Crippen molar-refractivity contribution in [1.29, 1.82) is 0 Å². The maximum Gasteiger partial charge on any atom is 0.338 e. The normalized spacial score (nSPS) is 10.0. The summed E-state index contributed by atoms with van der Waals surface area (Å²) in [6.45, 7) is 2.64. The number of rotatable bonds is 4. The second-order valence-electron chi connectivity index (χ2n) is 4.31. The van der Waals surface area contributed by atoms with Gasteiger partial charge >= 0.3 is 5.97 Å². The van der Waals surface area contributed by atoms with Crippen LogP contribution in [0.25, 0.3) is 0 Å². The maximum atomic E-state index is 11.6. The van der Waals surface area contributed by atoms with Gasteiger partial charge in [-0.3, -0.25) is 0 Å². The van der Waals surface area contributed by atoms with Crippen molar-refractivity contribution in [2.45, 2.75) is 13.5 Å². The molecule has 0 aliphatic carbocycles. The van der Waals surface area contributed by atoms with E-state index in [1.165, 1.54) is 12.7 Å². The molecule has 3 heteroatoms. The lowest BCUT2D eigenvalue weighted by atomic mass is 10.1. The Hall–Kier alpha value is -2.29. The fraction of sp³-hybridized carbons (Fsp3) is 0.188. The van der Waals surface area contributed by atoms with Gasteiger partial charge in [-0.15, -0.1) is 0 Å². The lowest BCUT2D eigenvalue weighted by Gasteiger charge is -2.12. The highest BCUT2D eigenvalue weighted by atomic mass is 16.5. The first kappa shape index (κ1) is 13.1. The Bertz CT molecular complexity index is 564. The lowest BCUT2D eigenvalue weighted by Crippen LogP contribution is -2.07. The van der Waals surface area contributed by atoms with Crippen LogP contribution in [0.15, 0.2) is 48.5 Å². The molecule has 19 heavy (non-hydrogen) atoms. The van der Waals surface area contributed by atoms with Gasteiger partial charge in [-0.25, -0.2) is 4.79 Å². The lowest BCUT2D eigenvalue weighted by molar-refractivity contribution is 0.0600. The molecule has 0 aliphatic heterocycles. The molecule has 0 heterocycles. The van der Waals surface area contributed by atoms with E-state index in [4.69, 9.17) is 4.74 Å². The molecule has 0 saturated carbocycles. The van der Waals surface area contributed by atoms with Crippen LogP contribution in [0.4, 0.5) is 5.69 Å². The van der Waals surface area contributed by atoms with Crippen LogP contribution in [0.2, 0.25) is 0 Å². The highest BCUT2D eigenvalue weighted by Crippen LogP contribution is 2.20. The van der Waals surface area contributed by atoms with E-state index in [0.717, 1.165) is 17.8 Å². The number of benzene rings is 2. The zero-order chi connectivity index (χ0) is 13.7. The summed E-state index contributed by atoms with van der Waals surface area (Å²) in [7, 11) is 1.39. The molecule has 2 aromatic carbocycles. The van der Waals surface area contributed by atoms with E-state index in [0.29, 0.717) is 5.56 Å². The van der Waals surface area contributed by atoms with Gasteiger partial charge in [0.1, 0.15) is 0 Å². The van der Waals surface area contributed by atoms with Crippen molar-refractivity contribution in [1.82, 2.24) is 0 Å². The summed E-state index contributed by atoms with van der Waals surface area (Å²) in [5.74, 6) is -0.305. The molecule has 0 aliphatic rings. The molecule has 0 bridgehead atoms. The molecule has 2 aromatic rings. The molecule has 0 radical (unpaired) electrons. The number of anilines is 1. The summed E-state index contributed by atoms with van der Waals surface area (Å²) in [6, 6.07) is 15.7. The van der Waals surface area contributed by atoms with E-state index in [9.17, 15) is 4.79 Å². The molecule has 0 atom stereocenters. The van der Waals surface area contributed by atoms with Crippen LogP contribution < -0.4 is 5.32 Å². The van der Waals surface area contributed by atoms with E-state index >= 15 is 0 Å². The number of hydrogen-bond acceptors (Lipinski definition) is 3. The first-order chi connectivity index (χ1) is 9.22. The predicted octanol–water partition coefficient (Wildman–Crippen LogP) is 3.39. The monoisotopic (exact) mass is 255 g/mol.